The Hall–Kier alpha value is -2.67. The predicted octanol–water partition coefficient (Wildman–Crippen LogP) is 4.32. The number of rotatable bonds is 8. The molecule has 1 N–H and O–H groups in total. The molecule has 3 aromatic carbocycles. The van der Waals surface area contributed by atoms with E-state index in [-0.39, 0.29) is 13.1 Å². The number of halogens is 1. The van der Waals surface area contributed by atoms with Crippen molar-refractivity contribution in [2.24, 2.45) is 0 Å². The molecule has 3 aromatic rings. The van der Waals surface area contributed by atoms with Gasteiger partial charge in [-0.3, -0.25) is 4.79 Å². The Balaban J connectivity index is 1.84. The molecule has 0 aliphatic rings. The van der Waals surface area contributed by atoms with Crippen molar-refractivity contribution in [3.63, 3.8) is 0 Å². The first-order chi connectivity index (χ1) is 14.7. The van der Waals surface area contributed by atoms with Crippen molar-refractivity contribution in [2.75, 3.05) is 12.8 Å². The zero-order chi connectivity index (χ0) is 22.4. The Bertz CT molecular complexity index is 1150. The number of hydrogen-bond acceptors (Lipinski definition) is 3. The van der Waals surface area contributed by atoms with Crippen molar-refractivity contribution in [2.45, 2.75) is 19.5 Å². The highest BCUT2D eigenvalue weighted by molar-refractivity contribution is 7.88. The molecule has 0 saturated carbocycles. The third-order valence-electron chi connectivity index (χ3n) is 4.91. The molecule has 3 rings (SSSR count). The first kappa shape index (κ1) is 23.0. The summed E-state index contributed by atoms with van der Waals surface area (Å²) in [6.45, 7) is 1.70. The van der Waals surface area contributed by atoms with Gasteiger partial charge >= 0.3 is 0 Å². The normalized spacial score (nSPS) is 12.5. The van der Waals surface area contributed by atoms with Crippen LogP contribution in [-0.2, 0) is 21.4 Å². The molecule has 0 spiro atoms. The fourth-order valence-corrected chi connectivity index (χ4v) is 4.25. The predicted molar refractivity (Wildman–Crippen MR) is 124 cm³/mol. The number of hydrogen-bond donors (Lipinski definition) is 1. The number of benzene rings is 3. The van der Waals surface area contributed by atoms with Gasteiger partial charge in [0.1, 0.15) is 0 Å². The van der Waals surface area contributed by atoms with Crippen LogP contribution in [0.5, 0.6) is 0 Å². The summed E-state index contributed by atoms with van der Waals surface area (Å²) in [5, 5.41) is 3.46. The van der Waals surface area contributed by atoms with E-state index in [1.165, 1.54) is 0 Å². The van der Waals surface area contributed by atoms with Crippen LogP contribution < -0.4 is 5.32 Å². The third kappa shape index (κ3) is 6.40. The highest BCUT2D eigenvalue weighted by Crippen LogP contribution is 2.23. The highest BCUT2D eigenvalue weighted by Gasteiger charge is 2.24. The summed E-state index contributed by atoms with van der Waals surface area (Å²) in [5.74, 6) is -0.396. The Labute approximate surface area is 188 Å². The molecular formula is C24H25ClN2O3S. The Morgan fingerprint density at radius 1 is 0.968 bits per heavy atom. The lowest BCUT2D eigenvalue weighted by molar-refractivity contribution is -0.121. The van der Waals surface area contributed by atoms with Gasteiger partial charge in [-0.05, 0) is 29.7 Å². The fraction of sp³-hybridized carbons (Fsp3) is 0.208. The summed E-state index contributed by atoms with van der Waals surface area (Å²) in [4.78, 5) is 13.0. The van der Waals surface area contributed by atoms with E-state index < -0.39 is 22.0 Å². The summed E-state index contributed by atoms with van der Waals surface area (Å²) in [7, 11) is -3.63. The zero-order valence-electron chi connectivity index (χ0n) is 17.5. The van der Waals surface area contributed by atoms with Gasteiger partial charge in [0, 0.05) is 11.6 Å². The van der Waals surface area contributed by atoms with Crippen LogP contribution in [0.2, 0.25) is 5.02 Å². The van der Waals surface area contributed by atoms with Crippen molar-refractivity contribution >= 4 is 27.5 Å². The van der Waals surface area contributed by atoms with E-state index in [2.05, 4.69) is 5.32 Å². The molecule has 7 heteroatoms. The van der Waals surface area contributed by atoms with Gasteiger partial charge in [-0.15, -0.1) is 0 Å². The van der Waals surface area contributed by atoms with Crippen molar-refractivity contribution in [1.82, 2.24) is 9.62 Å². The van der Waals surface area contributed by atoms with Crippen LogP contribution in [0.3, 0.4) is 0 Å². The van der Waals surface area contributed by atoms with Crippen LogP contribution in [0.4, 0.5) is 0 Å². The molecule has 0 aliphatic heterocycles. The van der Waals surface area contributed by atoms with E-state index in [9.17, 15) is 13.2 Å². The molecule has 0 radical (unpaired) electrons. The number of nitrogens with zero attached hydrogens (tertiary/aromatic N) is 1. The van der Waals surface area contributed by atoms with Crippen molar-refractivity contribution in [3.05, 3.63) is 106 Å². The second kappa shape index (κ2) is 10.1. The lowest BCUT2D eigenvalue weighted by atomic mass is 9.97. The number of aryl methyl sites for hydroxylation is 1. The Morgan fingerprint density at radius 3 is 2.26 bits per heavy atom. The summed E-state index contributed by atoms with van der Waals surface area (Å²) in [5.41, 5.74) is 3.56. The molecule has 0 aliphatic carbocycles. The van der Waals surface area contributed by atoms with Crippen LogP contribution in [0.15, 0.2) is 78.9 Å². The molecule has 5 nitrogen and oxygen atoms in total. The maximum Gasteiger partial charge on any atom is 0.236 e. The van der Waals surface area contributed by atoms with Gasteiger partial charge in [0.05, 0.1) is 18.8 Å². The largest absolute Gasteiger partial charge is 0.344 e. The van der Waals surface area contributed by atoms with Crippen LogP contribution in [0.1, 0.15) is 28.3 Å². The van der Waals surface area contributed by atoms with E-state index in [0.717, 1.165) is 27.3 Å². The minimum absolute atomic E-state index is 0.0202. The fourth-order valence-electron chi connectivity index (χ4n) is 3.33. The summed E-state index contributed by atoms with van der Waals surface area (Å²) >= 11 is 6.19. The van der Waals surface area contributed by atoms with Crippen molar-refractivity contribution in [3.8, 4) is 0 Å². The first-order valence-corrected chi connectivity index (χ1v) is 12.1. The summed E-state index contributed by atoms with van der Waals surface area (Å²) in [6, 6.07) is 24.1. The second-order valence-electron chi connectivity index (χ2n) is 7.45. The smallest absolute Gasteiger partial charge is 0.236 e. The standard InChI is InChI=1S/C24H25ClN2O3S/c1-18-9-8-13-20(15-18)24(19-10-4-3-5-11-19)26-23(28)17-27(31(2,29)30)16-21-12-6-7-14-22(21)25/h3-15,24H,16-17H2,1-2H3,(H,26,28)/t24-/m0/s1. The molecule has 0 aromatic heterocycles. The maximum atomic E-state index is 13.0. The molecule has 31 heavy (non-hydrogen) atoms. The molecular weight excluding hydrogens is 432 g/mol. The van der Waals surface area contributed by atoms with Crippen LogP contribution in [0.25, 0.3) is 0 Å². The van der Waals surface area contributed by atoms with E-state index >= 15 is 0 Å². The first-order valence-electron chi connectivity index (χ1n) is 9.83. The van der Waals surface area contributed by atoms with Gasteiger partial charge in [-0.1, -0.05) is 90.0 Å². The molecule has 0 unspecified atom stereocenters. The van der Waals surface area contributed by atoms with Gasteiger partial charge in [0.15, 0.2) is 0 Å². The van der Waals surface area contributed by atoms with Crippen LogP contribution in [-0.4, -0.2) is 31.4 Å². The van der Waals surface area contributed by atoms with Crippen LogP contribution in [0, 0.1) is 6.92 Å². The average Bonchev–Trinajstić information content (AvgIpc) is 2.73. The molecule has 0 fully saturated rings. The topological polar surface area (TPSA) is 66.5 Å². The minimum atomic E-state index is -3.63. The number of amides is 1. The van der Waals surface area contributed by atoms with E-state index in [4.69, 9.17) is 11.6 Å². The number of sulfonamides is 1. The van der Waals surface area contributed by atoms with E-state index in [1.807, 2.05) is 61.5 Å². The van der Waals surface area contributed by atoms with E-state index in [0.29, 0.717) is 10.6 Å². The van der Waals surface area contributed by atoms with Gasteiger partial charge in [0.25, 0.3) is 0 Å². The number of carbonyl (C=O) groups is 1. The lowest BCUT2D eigenvalue weighted by Gasteiger charge is -2.24. The van der Waals surface area contributed by atoms with Gasteiger partial charge in [-0.2, -0.15) is 4.31 Å². The Kier molecular flexibility index (Phi) is 7.49. The van der Waals surface area contributed by atoms with Gasteiger partial charge in [-0.25, -0.2) is 8.42 Å². The minimum Gasteiger partial charge on any atom is -0.344 e. The third-order valence-corrected chi connectivity index (χ3v) is 6.47. The molecule has 0 heterocycles. The lowest BCUT2D eigenvalue weighted by Crippen LogP contribution is -2.41. The zero-order valence-corrected chi connectivity index (χ0v) is 19.0. The summed E-state index contributed by atoms with van der Waals surface area (Å²) in [6.07, 6.45) is 1.09. The average molecular weight is 457 g/mol. The molecule has 162 valence electrons. The molecule has 0 bridgehead atoms. The summed E-state index contributed by atoms with van der Waals surface area (Å²) < 4.78 is 25.8. The van der Waals surface area contributed by atoms with E-state index in [1.54, 1.807) is 24.3 Å². The molecule has 1 atom stereocenters. The van der Waals surface area contributed by atoms with Crippen molar-refractivity contribution < 1.29 is 13.2 Å². The quantitative estimate of drug-likeness (QED) is 0.549. The van der Waals surface area contributed by atoms with Gasteiger partial charge in [0.2, 0.25) is 15.9 Å². The van der Waals surface area contributed by atoms with Gasteiger partial charge < -0.3 is 5.32 Å². The number of carbonyl (C=O) groups excluding carboxylic acids is 1. The number of nitrogens with one attached hydrogen (secondary N) is 1. The molecule has 1 amide bonds. The second-order valence-corrected chi connectivity index (χ2v) is 9.84. The van der Waals surface area contributed by atoms with Crippen LogP contribution >= 0.6 is 11.6 Å². The maximum absolute atomic E-state index is 13.0. The highest BCUT2D eigenvalue weighted by atomic mass is 35.5. The molecule has 0 saturated heterocycles. The Morgan fingerprint density at radius 2 is 1.61 bits per heavy atom. The SMILES string of the molecule is Cc1cccc([C@@H](NC(=O)CN(Cc2ccccc2Cl)S(C)(=O)=O)c2ccccc2)c1. The van der Waals surface area contributed by atoms with Crippen molar-refractivity contribution in [1.29, 1.82) is 0 Å². The monoisotopic (exact) mass is 456 g/mol.